The predicted molar refractivity (Wildman–Crippen MR) is 64.5 cm³/mol. The van der Waals surface area contributed by atoms with E-state index in [9.17, 15) is 0 Å². The van der Waals surface area contributed by atoms with Gasteiger partial charge in [0.25, 0.3) is 0 Å². The SMILES string of the molecule is C=C1CC[C@H]2[C@H]([C@@H]3[C@H](C)CC[C@H]13)C2(C)C. The van der Waals surface area contributed by atoms with Gasteiger partial charge in [-0.2, -0.15) is 0 Å². The molecule has 0 bridgehead atoms. The molecule has 3 aliphatic carbocycles. The van der Waals surface area contributed by atoms with Gasteiger partial charge in [0.1, 0.15) is 0 Å². The Labute approximate surface area is 94.1 Å². The van der Waals surface area contributed by atoms with Crippen LogP contribution in [0.2, 0.25) is 0 Å². The summed E-state index contributed by atoms with van der Waals surface area (Å²) in [5, 5.41) is 0. The van der Waals surface area contributed by atoms with Crippen molar-refractivity contribution in [2.45, 2.75) is 46.5 Å². The molecular formula is C15H24. The zero-order chi connectivity index (χ0) is 10.8. The number of hydrogen-bond donors (Lipinski definition) is 0. The second kappa shape index (κ2) is 2.90. The molecule has 0 aromatic rings. The summed E-state index contributed by atoms with van der Waals surface area (Å²) >= 11 is 0. The highest BCUT2D eigenvalue weighted by molar-refractivity contribution is 5.20. The van der Waals surface area contributed by atoms with Gasteiger partial charge in [-0.15, -0.1) is 0 Å². The molecule has 84 valence electrons. The van der Waals surface area contributed by atoms with Crippen LogP contribution in [0, 0.1) is 35.0 Å². The smallest absolute Gasteiger partial charge is 0.0172 e. The van der Waals surface area contributed by atoms with Crippen LogP contribution in [-0.2, 0) is 0 Å². The molecule has 0 heteroatoms. The quantitative estimate of drug-likeness (QED) is 0.517. The minimum absolute atomic E-state index is 0.655. The lowest BCUT2D eigenvalue weighted by atomic mass is 9.80. The van der Waals surface area contributed by atoms with E-state index >= 15 is 0 Å². The van der Waals surface area contributed by atoms with Crippen molar-refractivity contribution in [2.75, 3.05) is 0 Å². The fraction of sp³-hybridized carbons (Fsp3) is 0.867. The Morgan fingerprint density at radius 2 is 1.93 bits per heavy atom. The van der Waals surface area contributed by atoms with Crippen molar-refractivity contribution in [2.24, 2.45) is 35.0 Å². The Kier molecular flexibility index (Phi) is 1.92. The van der Waals surface area contributed by atoms with Crippen LogP contribution in [0.25, 0.3) is 0 Å². The maximum atomic E-state index is 4.35. The molecular weight excluding hydrogens is 180 g/mol. The van der Waals surface area contributed by atoms with Gasteiger partial charge < -0.3 is 0 Å². The van der Waals surface area contributed by atoms with E-state index in [1.165, 1.54) is 25.7 Å². The first-order chi connectivity index (χ1) is 7.03. The summed E-state index contributed by atoms with van der Waals surface area (Å²) in [4.78, 5) is 0. The van der Waals surface area contributed by atoms with E-state index in [0.29, 0.717) is 5.41 Å². The standard InChI is InChI=1S/C15H24/c1-9-6-8-12-14(15(12,3)4)13-10(2)5-7-11(9)13/h10-14H,1,5-8H2,2-4H3/t10-,11-,12+,13-,14-/m1/s1. The summed E-state index contributed by atoms with van der Waals surface area (Å²) in [6.07, 6.45) is 5.63. The molecule has 0 unspecified atom stereocenters. The molecule has 0 saturated heterocycles. The zero-order valence-corrected chi connectivity index (χ0v) is 10.4. The lowest BCUT2D eigenvalue weighted by Gasteiger charge is -2.25. The molecule has 0 spiro atoms. The molecule has 3 rings (SSSR count). The Morgan fingerprint density at radius 1 is 1.20 bits per heavy atom. The van der Waals surface area contributed by atoms with Crippen molar-refractivity contribution in [3.8, 4) is 0 Å². The summed E-state index contributed by atoms with van der Waals surface area (Å²) in [6.45, 7) is 11.8. The summed E-state index contributed by atoms with van der Waals surface area (Å²) < 4.78 is 0. The first kappa shape index (κ1) is 9.93. The van der Waals surface area contributed by atoms with Gasteiger partial charge in [-0.05, 0) is 60.7 Å². The molecule has 0 aromatic heterocycles. The summed E-state index contributed by atoms with van der Waals surface area (Å²) in [5.41, 5.74) is 2.25. The third kappa shape index (κ3) is 1.20. The van der Waals surface area contributed by atoms with E-state index in [-0.39, 0.29) is 0 Å². The van der Waals surface area contributed by atoms with Gasteiger partial charge in [0.15, 0.2) is 0 Å². The van der Waals surface area contributed by atoms with Crippen LogP contribution in [0.15, 0.2) is 12.2 Å². The second-order valence-electron chi connectivity index (χ2n) is 6.89. The molecule has 0 radical (unpaired) electrons. The van der Waals surface area contributed by atoms with Crippen molar-refractivity contribution >= 4 is 0 Å². The normalized spacial score (nSPS) is 51.9. The summed E-state index contributed by atoms with van der Waals surface area (Å²) in [7, 11) is 0. The number of fused-ring (bicyclic) bond motifs is 3. The summed E-state index contributed by atoms with van der Waals surface area (Å²) in [6, 6.07) is 0. The lowest BCUT2D eigenvalue weighted by Crippen LogP contribution is -2.18. The molecule has 15 heavy (non-hydrogen) atoms. The van der Waals surface area contributed by atoms with Crippen LogP contribution in [0.3, 0.4) is 0 Å². The third-order valence-corrected chi connectivity index (χ3v) is 5.91. The van der Waals surface area contributed by atoms with Gasteiger partial charge in [-0.3, -0.25) is 0 Å². The Bertz CT molecular complexity index is 299. The third-order valence-electron chi connectivity index (χ3n) is 5.91. The average molecular weight is 204 g/mol. The van der Waals surface area contributed by atoms with Gasteiger partial charge in [-0.1, -0.05) is 32.9 Å². The number of hydrogen-bond acceptors (Lipinski definition) is 0. The van der Waals surface area contributed by atoms with E-state index in [0.717, 1.165) is 29.6 Å². The monoisotopic (exact) mass is 204 g/mol. The Morgan fingerprint density at radius 3 is 2.67 bits per heavy atom. The predicted octanol–water partition coefficient (Wildman–Crippen LogP) is 4.27. The van der Waals surface area contributed by atoms with Crippen molar-refractivity contribution in [3.05, 3.63) is 12.2 Å². The highest BCUT2D eigenvalue weighted by atomic mass is 14.7. The molecule has 0 nitrogen and oxygen atoms in total. The van der Waals surface area contributed by atoms with Crippen LogP contribution in [-0.4, -0.2) is 0 Å². The molecule has 3 fully saturated rings. The molecule has 0 amide bonds. The van der Waals surface area contributed by atoms with Crippen molar-refractivity contribution < 1.29 is 0 Å². The molecule has 0 N–H and O–H groups in total. The van der Waals surface area contributed by atoms with Gasteiger partial charge in [0.2, 0.25) is 0 Å². The lowest BCUT2D eigenvalue weighted by molar-refractivity contribution is 0.280. The minimum atomic E-state index is 0.655. The minimum Gasteiger partial charge on any atom is -0.0996 e. The fourth-order valence-electron chi connectivity index (χ4n) is 4.93. The maximum Gasteiger partial charge on any atom is -0.0172 e. The summed E-state index contributed by atoms with van der Waals surface area (Å²) in [5.74, 6) is 4.87. The van der Waals surface area contributed by atoms with Gasteiger partial charge in [-0.25, -0.2) is 0 Å². The molecule has 3 aliphatic rings. The van der Waals surface area contributed by atoms with E-state index in [2.05, 4.69) is 27.4 Å². The van der Waals surface area contributed by atoms with E-state index in [1.807, 2.05) is 0 Å². The average Bonchev–Trinajstić information content (AvgIpc) is 2.55. The van der Waals surface area contributed by atoms with E-state index in [4.69, 9.17) is 0 Å². The Balaban J connectivity index is 1.93. The largest absolute Gasteiger partial charge is 0.0996 e. The van der Waals surface area contributed by atoms with Crippen LogP contribution in [0.5, 0.6) is 0 Å². The topological polar surface area (TPSA) is 0 Å². The van der Waals surface area contributed by atoms with E-state index in [1.54, 1.807) is 5.57 Å². The van der Waals surface area contributed by atoms with Crippen LogP contribution in [0.1, 0.15) is 46.5 Å². The first-order valence-corrected chi connectivity index (χ1v) is 6.71. The van der Waals surface area contributed by atoms with Gasteiger partial charge in [0, 0.05) is 0 Å². The molecule has 0 heterocycles. The van der Waals surface area contributed by atoms with Crippen molar-refractivity contribution in [3.63, 3.8) is 0 Å². The van der Waals surface area contributed by atoms with E-state index < -0.39 is 0 Å². The van der Waals surface area contributed by atoms with Crippen LogP contribution in [0.4, 0.5) is 0 Å². The highest BCUT2D eigenvalue weighted by Gasteiger charge is 2.64. The van der Waals surface area contributed by atoms with Crippen LogP contribution < -0.4 is 0 Å². The number of rotatable bonds is 0. The molecule has 5 atom stereocenters. The molecule has 3 saturated carbocycles. The number of allylic oxidation sites excluding steroid dienone is 1. The molecule has 0 aromatic carbocycles. The maximum absolute atomic E-state index is 4.35. The second-order valence-corrected chi connectivity index (χ2v) is 6.89. The first-order valence-electron chi connectivity index (χ1n) is 6.71. The van der Waals surface area contributed by atoms with Crippen molar-refractivity contribution in [1.29, 1.82) is 0 Å². The van der Waals surface area contributed by atoms with Crippen molar-refractivity contribution in [1.82, 2.24) is 0 Å². The van der Waals surface area contributed by atoms with Gasteiger partial charge in [0.05, 0.1) is 0 Å². The van der Waals surface area contributed by atoms with Gasteiger partial charge >= 0.3 is 0 Å². The van der Waals surface area contributed by atoms with Crippen LogP contribution >= 0.6 is 0 Å². The molecule has 0 aliphatic heterocycles. The Hall–Kier alpha value is -0.260. The highest BCUT2D eigenvalue weighted by Crippen LogP contribution is 2.70. The fourth-order valence-corrected chi connectivity index (χ4v) is 4.93. The zero-order valence-electron chi connectivity index (χ0n) is 10.4.